The van der Waals surface area contributed by atoms with E-state index >= 15 is 0 Å². The van der Waals surface area contributed by atoms with Crippen molar-refractivity contribution in [2.45, 2.75) is 25.0 Å². The molecule has 0 aromatic rings. The summed E-state index contributed by atoms with van der Waals surface area (Å²) in [5.74, 6) is -3.84. The van der Waals surface area contributed by atoms with Crippen LogP contribution in [0.25, 0.3) is 0 Å². The molecule has 6 heteroatoms. The second-order valence-corrected chi connectivity index (χ2v) is 3.09. The van der Waals surface area contributed by atoms with Crippen LogP contribution in [0.2, 0.25) is 0 Å². The van der Waals surface area contributed by atoms with Gasteiger partial charge in [0.1, 0.15) is 0 Å². The van der Waals surface area contributed by atoms with Gasteiger partial charge in [0, 0.05) is 0 Å². The van der Waals surface area contributed by atoms with Crippen LogP contribution >= 0.6 is 0 Å². The van der Waals surface area contributed by atoms with Crippen LogP contribution in [-0.2, 0) is 28.6 Å². The molecule has 1 spiro atoms. The summed E-state index contributed by atoms with van der Waals surface area (Å²) in [4.78, 5) is 33.4. The molecule has 2 aliphatic rings. The molecule has 2 fully saturated rings. The van der Waals surface area contributed by atoms with Crippen LogP contribution in [0, 0.1) is 0 Å². The highest BCUT2D eigenvalue weighted by atomic mass is 16.8. The molecule has 2 rings (SSSR count). The van der Waals surface area contributed by atoms with Crippen LogP contribution in [0.15, 0.2) is 0 Å². The number of ether oxygens (including phenoxy) is 3. The maximum atomic E-state index is 11.2. The summed E-state index contributed by atoms with van der Waals surface area (Å²) in [6.07, 6.45) is -0.0506. The first-order valence-electron chi connectivity index (χ1n) is 4.23. The van der Waals surface area contributed by atoms with E-state index in [1.807, 2.05) is 0 Å². The zero-order chi connectivity index (χ0) is 10.2. The third-order valence-electron chi connectivity index (χ3n) is 2.07. The normalized spacial score (nSPS) is 25.3. The van der Waals surface area contributed by atoms with Crippen molar-refractivity contribution in [1.29, 1.82) is 0 Å². The maximum absolute atomic E-state index is 11.2. The highest BCUT2D eigenvalue weighted by Crippen LogP contribution is 2.29. The summed E-state index contributed by atoms with van der Waals surface area (Å²) in [5, 5.41) is 0. The molecule has 2 aliphatic heterocycles. The molecule has 2 heterocycles. The van der Waals surface area contributed by atoms with E-state index in [4.69, 9.17) is 9.47 Å². The van der Waals surface area contributed by atoms with Gasteiger partial charge in [-0.05, 0) is 0 Å². The van der Waals surface area contributed by atoms with Crippen LogP contribution in [0.3, 0.4) is 0 Å². The lowest BCUT2D eigenvalue weighted by Crippen LogP contribution is -2.42. The van der Waals surface area contributed by atoms with Gasteiger partial charge in [-0.15, -0.1) is 0 Å². The summed E-state index contributed by atoms with van der Waals surface area (Å²) >= 11 is 0. The van der Waals surface area contributed by atoms with E-state index in [9.17, 15) is 14.4 Å². The molecule has 0 amide bonds. The van der Waals surface area contributed by atoms with Gasteiger partial charge in [-0.25, -0.2) is 4.79 Å². The molecule has 2 saturated heterocycles. The van der Waals surface area contributed by atoms with Crippen molar-refractivity contribution in [2.24, 2.45) is 0 Å². The summed E-state index contributed by atoms with van der Waals surface area (Å²) in [6.45, 7) is 0.0966. The van der Waals surface area contributed by atoms with Crippen LogP contribution in [0.1, 0.15) is 19.3 Å². The maximum Gasteiger partial charge on any atom is 0.393 e. The molecule has 14 heavy (non-hydrogen) atoms. The van der Waals surface area contributed by atoms with Crippen molar-refractivity contribution in [3.63, 3.8) is 0 Å². The largest absolute Gasteiger partial charge is 0.460 e. The molecule has 76 valence electrons. The number of rotatable bonds is 0. The van der Waals surface area contributed by atoms with Crippen molar-refractivity contribution >= 4 is 17.9 Å². The van der Waals surface area contributed by atoms with Gasteiger partial charge in [0.15, 0.2) is 0 Å². The molecule has 0 aliphatic carbocycles. The number of hydrogen-bond acceptors (Lipinski definition) is 6. The predicted molar refractivity (Wildman–Crippen MR) is 39.7 cm³/mol. The average molecular weight is 200 g/mol. The number of carbonyl (C=O) groups excluding carboxylic acids is 3. The Bertz CT molecular complexity index is 289. The summed E-state index contributed by atoms with van der Waals surface area (Å²) in [5.41, 5.74) is 0. The Kier molecular flexibility index (Phi) is 1.90. The van der Waals surface area contributed by atoms with Crippen LogP contribution < -0.4 is 0 Å². The van der Waals surface area contributed by atoms with Crippen molar-refractivity contribution in [2.75, 3.05) is 6.61 Å². The lowest BCUT2D eigenvalue weighted by Gasteiger charge is -2.21. The standard InChI is InChI=1S/C8H8O6/c9-5-1-2-6(10)14-8(13-5)3-4-12-7(8)11/h1-4H2. The molecular weight excluding hydrogens is 192 g/mol. The quantitative estimate of drug-likeness (QED) is 0.491. The first-order chi connectivity index (χ1) is 6.62. The van der Waals surface area contributed by atoms with Gasteiger partial charge in [0.05, 0.1) is 25.9 Å². The topological polar surface area (TPSA) is 78.9 Å². The van der Waals surface area contributed by atoms with E-state index in [0.29, 0.717) is 0 Å². The second-order valence-electron chi connectivity index (χ2n) is 3.09. The SMILES string of the molecule is O=C1CCC(=O)OC2(CCOC2=O)O1. The zero-order valence-corrected chi connectivity index (χ0v) is 7.28. The van der Waals surface area contributed by atoms with E-state index in [2.05, 4.69) is 4.74 Å². The molecule has 0 atom stereocenters. The second kappa shape index (κ2) is 2.97. The Labute approximate surface area is 79.1 Å². The Morgan fingerprint density at radius 3 is 2.00 bits per heavy atom. The highest BCUT2D eigenvalue weighted by Gasteiger charge is 2.53. The third-order valence-corrected chi connectivity index (χ3v) is 2.07. The van der Waals surface area contributed by atoms with Crippen molar-refractivity contribution < 1.29 is 28.6 Å². The third kappa shape index (κ3) is 1.32. The minimum Gasteiger partial charge on any atom is -0.460 e. The van der Waals surface area contributed by atoms with Crippen LogP contribution in [0.4, 0.5) is 0 Å². The van der Waals surface area contributed by atoms with Crippen molar-refractivity contribution in [1.82, 2.24) is 0 Å². The zero-order valence-electron chi connectivity index (χ0n) is 7.28. The van der Waals surface area contributed by atoms with Crippen molar-refractivity contribution in [3.8, 4) is 0 Å². The molecule has 0 bridgehead atoms. The minimum absolute atomic E-state index is 0.0616. The fraction of sp³-hybridized carbons (Fsp3) is 0.625. The van der Waals surface area contributed by atoms with E-state index in [0.717, 1.165) is 0 Å². The molecular formula is C8H8O6. The minimum atomic E-state index is -1.80. The van der Waals surface area contributed by atoms with Gasteiger partial charge in [-0.2, -0.15) is 0 Å². The first kappa shape index (κ1) is 8.98. The van der Waals surface area contributed by atoms with E-state index < -0.39 is 23.7 Å². The number of carbonyl (C=O) groups is 3. The average Bonchev–Trinajstić information content (AvgIpc) is 2.36. The summed E-state index contributed by atoms with van der Waals surface area (Å²) < 4.78 is 14.2. The van der Waals surface area contributed by atoms with Gasteiger partial charge in [0.2, 0.25) is 0 Å². The fourth-order valence-electron chi connectivity index (χ4n) is 1.37. The predicted octanol–water partition coefficient (Wildman–Crippen LogP) is -0.490. The Morgan fingerprint density at radius 1 is 1.00 bits per heavy atom. The Morgan fingerprint density at radius 2 is 1.57 bits per heavy atom. The highest BCUT2D eigenvalue weighted by molar-refractivity contribution is 5.89. The monoisotopic (exact) mass is 200 g/mol. The van der Waals surface area contributed by atoms with Gasteiger partial charge >= 0.3 is 23.7 Å². The summed E-state index contributed by atoms with van der Waals surface area (Å²) in [6, 6.07) is 0. The molecule has 6 nitrogen and oxygen atoms in total. The molecule has 0 aromatic heterocycles. The Hall–Kier alpha value is -1.59. The van der Waals surface area contributed by atoms with Crippen LogP contribution in [-0.4, -0.2) is 30.3 Å². The van der Waals surface area contributed by atoms with Gasteiger partial charge in [-0.3, -0.25) is 9.59 Å². The van der Waals surface area contributed by atoms with E-state index in [1.54, 1.807) is 0 Å². The molecule has 0 radical (unpaired) electrons. The lowest BCUT2D eigenvalue weighted by atomic mass is 10.2. The molecule has 0 N–H and O–H groups in total. The number of hydrogen-bond donors (Lipinski definition) is 0. The molecule has 0 unspecified atom stereocenters. The van der Waals surface area contributed by atoms with Gasteiger partial charge in [-0.1, -0.05) is 0 Å². The lowest BCUT2D eigenvalue weighted by molar-refractivity contribution is -0.221. The fourth-order valence-corrected chi connectivity index (χ4v) is 1.37. The van der Waals surface area contributed by atoms with Gasteiger partial charge < -0.3 is 14.2 Å². The van der Waals surface area contributed by atoms with Crippen LogP contribution in [0.5, 0.6) is 0 Å². The molecule has 0 saturated carbocycles. The number of esters is 3. The van der Waals surface area contributed by atoms with E-state index in [1.165, 1.54) is 0 Å². The van der Waals surface area contributed by atoms with Crippen molar-refractivity contribution in [3.05, 3.63) is 0 Å². The Balaban J connectivity index is 2.27. The molecule has 0 aromatic carbocycles. The van der Waals surface area contributed by atoms with Gasteiger partial charge in [0.25, 0.3) is 0 Å². The smallest absolute Gasteiger partial charge is 0.393 e. The first-order valence-corrected chi connectivity index (χ1v) is 4.23. The van der Waals surface area contributed by atoms with E-state index in [-0.39, 0.29) is 25.9 Å². The summed E-state index contributed by atoms with van der Waals surface area (Å²) in [7, 11) is 0. The number of cyclic esters (lactones) is 1.